The number of nitrogens with zero attached hydrogens (tertiary/aromatic N) is 2. The van der Waals surface area contributed by atoms with Crippen molar-refractivity contribution in [2.24, 2.45) is 0 Å². The van der Waals surface area contributed by atoms with E-state index in [0.29, 0.717) is 5.82 Å². The highest BCUT2D eigenvalue weighted by atomic mass is 16.3. The number of fused-ring (bicyclic) bond motifs is 3. The van der Waals surface area contributed by atoms with Crippen molar-refractivity contribution in [2.75, 3.05) is 0 Å². The lowest BCUT2D eigenvalue weighted by molar-refractivity contribution is 0.670. The van der Waals surface area contributed by atoms with Gasteiger partial charge in [-0.25, -0.2) is 9.97 Å². The molecule has 10 aromatic rings. The van der Waals surface area contributed by atoms with Crippen LogP contribution in [0.4, 0.5) is 0 Å². The summed E-state index contributed by atoms with van der Waals surface area (Å²) in [5.74, 6) is 0.701. The van der Waals surface area contributed by atoms with Gasteiger partial charge < -0.3 is 4.42 Å². The number of furan rings is 1. The Bertz CT molecular complexity index is 2800. The van der Waals surface area contributed by atoms with Crippen LogP contribution in [0.2, 0.25) is 0 Å². The second kappa shape index (κ2) is 11.0. The molecule has 0 radical (unpaired) electrons. The lowest BCUT2D eigenvalue weighted by Crippen LogP contribution is -1.96. The molecule has 10 rings (SSSR count). The minimum atomic E-state index is 0.701. The molecular formula is C46H28N2O. The van der Waals surface area contributed by atoms with Crippen LogP contribution < -0.4 is 0 Å². The van der Waals surface area contributed by atoms with E-state index < -0.39 is 0 Å². The second-order valence-electron chi connectivity index (χ2n) is 12.5. The normalized spacial score (nSPS) is 11.7. The van der Waals surface area contributed by atoms with E-state index in [1.165, 1.54) is 37.9 Å². The van der Waals surface area contributed by atoms with Crippen molar-refractivity contribution in [3.05, 3.63) is 170 Å². The molecule has 0 saturated heterocycles. The predicted octanol–water partition coefficient (Wildman–Crippen LogP) is 12.5. The van der Waals surface area contributed by atoms with E-state index in [2.05, 4.69) is 146 Å². The molecular weight excluding hydrogens is 597 g/mol. The van der Waals surface area contributed by atoms with E-state index in [-0.39, 0.29) is 0 Å². The lowest BCUT2D eigenvalue weighted by Gasteiger charge is -2.12. The molecule has 0 spiro atoms. The van der Waals surface area contributed by atoms with Crippen LogP contribution in [0, 0.1) is 0 Å². The van der Waals surface area contributed by atoms with Gasteiger partial charge in [0.1, 0.15) is 11.2 Å². The first-order valence-electron chi connectivity index (χ1n) is 16.6. The van der Waals surface area contributed by atoms with Crippen molar-refractivity contribution in [3.8, 4) is 56.2 Å². The third-order valence-corrected chi connectivity index (χ3v) is 9.67. The van der Waals surface area contributed by atoms with Crippen LogP contribution >= 0.6 is 0 Å². The van der Waals surface area contributed by atoms with Gasteiger partial charge in [-0.3, -0.25) is 0 Å². The molecule has 0 saturated carbocycles. The van der Waals surface area contributed by atoms with Crippen molar-refractivity contribution in [1.29, 1.82) is 0 Å². The summed E-state index contributed by atoms with van der Waals surface area (Å²) in [7, 11) is 0. The molecule has 0 aliphatic carbocycles. The quantitative estimate of drug-likeness (QED) is 0.179. The Kier molecular flexibility index (Phi) is 6.18. The van der Waals surface area contributed by atoms with E-state index in [1.54, 1.807) is 0 Å². The van der Waals surface area contributed by atoms with E-state index in [1.807, 2.05) is 24.3 Å². The third kappa shape index (κ3) is 4.51. The number of rotatable bonds is 5. The fraction of sp³-hybridized carbons (Fsp3) is 0. The second-order valence-corrected chi connectivity index (χ2v) is 12.5. The highest BCUT2D eigenvalue weighted by Crippen LogP contribution is 2.45. The summed E-state index contributed by atoms with van der Waals surface area (Å²) in [5.41, 5.74) is 11.2. The molecule has 2 aromatic heterocycles. The molecule has 3 nitrogen and oxygen atoms in total. The summed E-state index contributed by atoms with van der Waals surface area (Å²) in [6.45, 7) is 0. The van der Waals surface area contributed by atoms with Crippen molar-refractivity contribution in [2.45, 2.75) is 0 Å². The maximum absolute atomic E-state index is 6.64. The molecule has 49 heavy (non-hydrogen) atoms. The zero-order valence-corrected chi connectivity index (χ0v) is 26.5. The van der Waals surface area contributed by atoms with Crippen molar-refractivity contribution in [1.82, 2.24) is 9.97 Å². The number of hydrogen-bond donors (Lipinski definition) is 0. The standard InChI is InChI=1S/C46H28N2O/c1-3-11-29(12-4-1)33-15-9-16-34(27-33)41-28-40(47-46(48-41)32-13-5-2-6-14-32)31-23-21-30(22-24-31)35-25-26-39-37-18-8-7-17-36(37)38-19-10-20-42-43(38)44(39)45(35)49-42/h1-28H. The third-order valence-electron chi connectivity index (χ3n) is 9.67. The average Bonchev–Trinajstić information content (AvgIpc) is 3.58. The fourth-order valence-corrected chi connectivity index (χ4v) is 7.32. The summed E-state index contributed by atoms with van der Waals surface area (Å²) in [6, 6.07) is 59.5. The zero-order valence-electron chi connectivity index (χ0n) is 26.5. The molecule has 0 aliphatic rings. The Morgan fingerprint density at radius 3 is 1.67 bits per heavy atom. The summed E-state index contributed by atoms with van der Waals surface area (Å²) >= 11 is 0. The highest BCUT2D eigenvalue weighted by molar-refractivity contribution is 6.34. The van der Waals surface area contributed by atoms with Crippen molar-refractivity contribution in [3.63, 3.8) is 0 Å². The largest absolute Gasteiger partial charge is 0.455 e. The van der Waals surface area contributed by atoms with Gasteiger partial charge in [0.05, 0.1) is 11.4 Å². The molecule has 0 bridgehead atoms. The molecule has 0 atom stereocenters. The van der Waals surface area contributed by atoms with Crippen molar-refractivity contribution < 1.29 is 4.42 Å². The summed E-state index contributed by atoms with van der Waals surface area (Å²) in [6.07, 6.45) is 0. The maximum Gasteiger partial charge on any atom is 0.160 e. The zero-order chi connectivity index (χ0) is 32.3. The first kappa shape index (κ1) is 27.5. The SMILES string of the molecule is c1ccc(-c2cccc(-c3cc(-c4ccc(-c5ccc6c7ccccc7c7cccc8oc5c6c87)cc4)nc(-c4ccccc4)n3)c2)cc1. The van der Waals surface area contributed by atoms with E-state index in [0.717, 1.165) is 55.9 Å². The van der Waals surface area contributed by atoms with Crippen LogP contribution in [-0.4, -0.2) is 9.97 Å². The van der Waals surface area contributed by atoms with Gasteiger partial charge >= 0.3 is 0 Å². The van der Waals surface area contributed by atoms with E-state index in [9.17, 15) is 0 Å². The molecule has 0 fully saturated rings. The summed E-state index contributed by atoms with van der Waals surface area (Å²) < 4.78 is 6.64. The monoisotopic (exact) mass is 624 g/mol. The van der Waals surface area contributed by atoms with Crippen LogP contribution in [0.25, 0.3) is 99.6 Å². The lowest BCUT2D eigenvalue weighted by atomic mass is 9.92. The average molecular weight is 625 g/mol. The highest BCUT2D eigenvalue weighted by Gasteiger charge is 2.20. The number of aromatic nitrogens is 2. The topological polar surface area (TPSA) is 38.9 Å². The molecule has 228 valence electrons. The van der Waals surface area contributed by atoms with Gasteiger partial charge in [0, 0.05) is 33.0 Å². The van der Waals surface area contributed by atoms with E-state index in [4.69, 9.17) is 14.4 Å². The van der Waals surface area contributed by atoms with Crippen LogP contribution in [-0.2, 0) is 0 Å². The summed E-state index contributed by atoms with van der Waals surface area (Å²) in [5, 5.41) is 7.35. The minimum Gasteiger partial charge on any atom is -0.455 e. The Morgan fingerprint density at radius 2 is 0.918 bits per heavy atom. The molecule has 2 heterocycles. The smallest absolute Gasteiger partial charge is 0.160 e. The Morgan fingerprint density at radius 1 is 0.347 bits per heavy atom. The van der Waals surface area contributed by atoms with Gasteiger partial charge in [-0.05, 0) is 62.5 Å². The first-order chi connectivity index (χ1) is 24.3. The van der Waals surface area contributed by atoms with Gasteiger partial charge in [-0.15, -0.1) is 0 Å². The van der Waals surface area contributed by atoms with Crippen LogP contribution in [0.1, 0.15) is 0 Å². The fourth-order valence-electron chi connectivity index (χ4n) is 7.32. The molecule has 0 unspecified atom stereocenters. The molecule has 0 aliphatic heterocycles. The van der Waals surface area contributed by atoms with Crippen LogP contribution in [0.15, 0.2) is 174 Å². The Hall–Kier alpha value is -6.58. The Labute approximate surface area is 283 Å². The van der Waals surface area contributed by atoms with E-state index >= 15 is 0 Å². The van der Waals surface area contributed by atoms with Gasteiger partial charge in [0.15, 0.2) is 5.82 Å². The van der Waals surface area contributed by atoms with Crippen molar-refractivity contribution >= 4 is 43.5 Å². The number of hydrogen-bond acceptors (Lipinski definition) is 3. The minimum absolute atomic E-state index is 0.701. The molecule has 0 amide bonds. The Balaban J connectivity index is 1.10. The molecule has 8 aromatic carbocycles. The van der Waals surface area contributed by atoms with Crippen LogP contribution in [0.3, 0.4) is 0 Å². The molecule has 0 N–H and O–H groups in total. The number of benzene rings is 8. The maximum atomic E-state index is 6.64. The van der Waals surface area contributed by atoms with Gasteiger partial charge in [-0.2, -0.15) is 0 Å². The predicted molar refractivity (Wildman–Crippen MR) is 203 cm³/mol. The first-order valence-corrected chi connectivity index (χ1v) is 16.6. The summed E-state index contributed by atoms with van der Waals surface area (Å²) in [4.78, 5) is 10.1. The van der Waals surface area contributed by atoms with Gasteiger partial charge in [0.2, 0.25) is 0 Å². The van der Waals surface area contributed by atoms with Gasteiger partial charge in [-0.1, -0.05) is 146 Å². The van der Waals surface area contributed by atoms with Gasteiger partial charge in [0.25, 0.3) is 0 Å². The molecule has 3 heteroatoms. The van der Waals surface area contributed by atoms with Crippen LogP contribution in [0.5, 0.6) is 0 Å².